The van der Waals surface area contributed by atoms with Gasteiger partial charge in [-0.15, -0.1) is 11.3 Å². The molecule has 1 aliphatic heterocycles. The second-order valence-corrected chi connectivity index (χ2v) is 5.23. The number of hydrogen-bond donors (Lipinski definition) is 1. The molecule has 0 aromatic carbocycles. The summed E-state index contributed by atoms with van der Waals surface area (Å²) in [4.78, 5) is 10.1. The first kappa shape index (κ1) is 10.6. The standard InChI is InChI=1S/C11H17N3S/c1-8-7-13-11(15-8)9(2)14-10-5-3-4-6-12-10/h7,9H,3-6H2,1-2H3,(H,12,14). The van der Waals surface area contributed by atoms with Crippen LogP contribution in [-0.4, -0.2) is 17.4 Å². The van der Waals surface area contributed by atoms with Gasteiger partial charge in [-0.05, 0) is 26.7 Å². The van der Waals surface area contributed by atoms with Gasteiger partial charge in [0.1, 0.15) is 5.01 Å². The molecule has 1 aromatic rings. The highest BCUT2D eigenvalue weighted by Crippen LogP contribution is 2.19. The molecule has 15 heavy (non-hydrogen) atoms. The van der Waals surface area contributed by atoms with Gasteiger partial charge in [0, 0.05) is 24.0 Å². The zero-order valence-electron chi connectivity index (χ0n) is 9.29. The molecule has 0 aliphatic carbocycles. The molecule has 1 unspecified atom stereocenters. The molecule has 0 fully saturated rings. The minimum atomic E-state index is 0.292. The highest BCUT2D eigenvalue weighted by atomic mass is 32.1. The van der Waals surface area contributed by atoms with E-state index in [-0.39, 0.29) is 0 Å². The zero-order valence-corrected chi connectivity index (χ0v) is 10.1. The van der Waals surface area contributed by atoms with Crippen molar-refractivity contribution in [1.29, 1.82) is 0 Å². The van der Waals surface area contributed by atoms with E-state index >= 15 is 0 Å². The van der Waals surface area contributed by atoms with Gasteiger partial charge in [-0.1, -0.05) is 0 Å². The third kappa shape index (κ3) is 2.78. The van der Waals surface area contributed by atoms with E-state index in [0.717, 1.165) is 23.8 Å². The molecule has 0 spiro atoms. The number of thiazole rings is 1. The molecule has 1 aromatic heterocycles. The molecule has 1 atom stereocenters. The number of aromatic nitrogens is 1. The lowest BCUT2D eigenvalue weighted by Gasteiger charge is -2.17. The van der Waals surface area contributed by atoms with Crippen LogP contribution < -0.4 is 5.32 Å². The van der Waals surface area contributed by atoms with Crippen molar-refractivity contribution < 1.29 is 0 Å². The average molecular weight is 223 g/mol. The van der Waals surface area contributed by atoms with Gasteiger partial charge < -0.3 is 5.32 Å². The van der Waals surface area contributed by atoms with E-state index in [4.69, 9.17) is 0 Å². The summed E-state index contributed by atoms with van der Waals surface area (Å²) in [7, 11) is 0. The van der Waals surface area contributed by atoms with Crippen LogP contribution in [0.4, 0.5) is 0 Å². The Morgan fingerprint density at radius 3 is 2.93 bits per heavy atom. The van der Waals surface area contributed by atoms with Crippen LogP contribution in [0.2, 0.25) is 0 Å². The maximum atomic E-state index is 4.48. The van der Waals surface area contributed by atoms with Gasteiger partial charge in [-0.25, -0.2) is 4.98 Å². The Bertz CT molecular complexity index is 356. The number of nitrogens with one attached hydrogen (secondary N) is 1. The van der Waals surface area contributed by atoms with Crippen LogP contribution >= 0.6 is 11.3 Å². The third-order valence-corrected chi connectivity index (χ3v) is 3.61. The SMILES string of the molecule is Cc1cnc(C(C)NC2=NCCCC2)s1. The van der Waals surface area contributed by atoms with E-state index in [0.29, 0.717) is 6.04 Å². The second kappa shape index (κ2) is 4.75. The van der Waals surface area contributed by atoms with Crippen molar-refractivity contribution in [3.05, 3.63) is 16.1 Å². The van der Waals surface area contributed by atoms with Crippen molar-refractivity contribution >= 4 is 17.2 Å². The summed E-state index contributed by atoms with van der Waals surface area (Å²) >= 11 is 1.76. The van der Waals surface area contributed by atoms with E-state index < -0.39 is 0 Å². The summed E-state index contributed by atoms with van der Waals surface area (Å²) in [6.07, 6.45) is 5.51. The van der Waals surface area contributed by atoms with E-state index in [2.05, 4.69) is 29.1 Å². The van der Waals surface area contributed by atoms with Gasteiger partial charge in [-0.2, -0.15) is 0 Å². The first-order chi connectivity index (χ1) is 7.25. The Balaban J connectivity index is 1.97. The average Bonchev–Trinajstić information content (AvgIpc) is 2.66. The van der Waals surface area contributed by atoms with Crippen LogP contribution in [0.25, 0.3) is 0 Å². The quantitative estimate of drug-likeness (QED) is 0.837. The Labute approximate surface area is 94.7 Å². The molecule has 0 saturated carbocycles. The van der Waals surface area contributed by atoms with E-state index in [9.17, 15) is 0 Å². The molecule has 2 heterocycles. The zero-order chi connectivity index (χ0) is 10.7. The molecule has 0 saturated heterocycles. The lowest BCUT2D eigenvalue weighted by atomic mass is 10.1. The molecular weight excluding hydrogens is 206 g/mol. The number of nitrogens with zero attached hydrogens (tertiary/aromatic N) is 2. The molecule has 1 aliphatic rings. The Morgan fingerprint density at radius 1 is 1.47 bits per heavy atom. The summed E-state index contributed by atoms with van der Waals surface area (Å²) in [5, 5.41) is 4.60. The van der Waals surface area contributed by atoms with Crippen LogP contribution in [0.5, 0.6) is 0 Å². The van der Waals surface area contributed by atoms with Crippen molar-refractivity contribution in [3.8, 4) is 0 Å². The van der Waals surface area contributed by atoms with Crippen molar-refractivity contribution in [1.82, 2.24) is 10.3 Å². The Morgan fingerprint density at radius 2 is 2.33 bits per heavy atom. The number of amidine groups is 1. The highest BCUT2D eigenvalue weighted by molar-refractivity contribution is 7.11. The third-order valence-electron chi connectivity index (χ3n) is 2.52. The molecule has 4 heteroatoms. The number of rotatable bonds is 2. The van der Waals surface area contributed by atoms with Gasteiger partial charge in [0.15, 0.2) is 0 Å². The van der Waals surface area contributed by atoms with E-state index in [1.165, 1.54) is 17.7 Å². The van der Waals surface area contributed by atoms with Crippen molar-refractivity contribution in [2.75, 3.05) is 6.54 Å². The first-order valence-electron chi connectivity index (χ1n) is 5.48. The fourth-order valence-corrected chi connectivity index (χ4v) is 2.48. The lowest BCUT2D eigenvalue weighted by molar-refractivity contribution is 0.653. The summed E-state index contributed by atoms with van der Waals surface area (Å²) in [5.74, 6) is 1.15. The van der Waals surface area contributed by atoms with E-state index in [1.54, 1.807) is 11.3 Å². The van der Waals surface area contributed by atoms with Crippen molar-refractivity contribution in [2.24, 2.45) is 4.99 Å². The van der Waals surface area contributed by atoms with Crippen molar-refractivity contribution in [3.63, 3.8) is 0 Å². The molecule has 0 radical (unpaired) electrons. The fourth-order valence-electron chi connectivity index (χ4n) is 1.70. The minimum absolute atomic E-state index is 0.292. The summed E-state index contributed by atoms with van der Waals surface area (Å²) < 4.78 is 0. The predicted molar refractivity (Wildman–Crippen MR) is 64.6 cm³/mol. The molecule has 2 rings (SSSR count). The maximum Gasteiger partial charge on any atom is 0.115 e. The normalized spacial score (nSPS) is 18.4. The van der Waals surface area contributed by atoms with Crippen LogP contribution in [0.1, 0.15) is 42.1 Å². The smallest absolute Gasteiger partial charge is 0.115 e. The predicted octanol–water partition coefficient (Wildman–Crippen LogP) is 2.68. The van der Waals surface area contributed by atoms with Crippen LogP contribution in [-0.2, 0) is 0 Å². The van der Waals surface area contributed by atoms with Crippen LogP contribution in [0.15, 0.2) is 11.2 Å². The maximum absolute atomic E-state index is 4.48. The van der Waals surface area contributed by atoms with Crippen LogP contribution in [0, 0.1) is 6.92 Å². The van der Waals surface area contributed by atoms with Gasteiger partial charge in [0.2, 0.25) is 0 Å². The van der Waals surface area contributed by atoms with Crippen LogP contribution in [0.3, 0.4) is 0 Å². The first-order valence-corrected chi connectivity index (χ1v) is 6.29. The summed E-state index contributed by atoms with van der Waals surface area (Å²) in [6, 6.07) is 0.292. The highest BCUT2D eigenvalue weighted by Gasteiger charge is 2.12. The number of aryl methyl sites for hydroxylation is 1. The van der Waals surface area contributed by atoms with Gasteiger partial charge in [0.25, 0.3) is 0 Å². The van der Waals surface area contributed by atoms with Gasteiger partial charge in [-0.3, -0.25) is 4.99 Å². The molecule has 82 valence electrons. The largest absolute Gasteiger partial charge is 0.365 e. The molecule has 0 amide bonds. The number of hydrogen-bond acceptors (Lipinski definition) is 4. The second-order valence-electron chi connectivity index (χ2n) is 3.96. The molecule has 3 nitrogen and oxygen atoms in total. The summed E-state index contributed by atoms with van der Waals surface area (Å²) in [6.45, 7) is 5.22. The summed E-state index contributed by atoms with van der Waals surface area (Å²) in [5.41, 5.74) is 0. The van der Waals surface area contributed by atoms with Gasteiger partial charge >= 0.3 is 0 Å². The van der Waals surface area contributed by atoms with Gasteiger partial charge in [0.05, 0.1) is 11.9 Å². The Kier molecular flexibility index (Phi) is 3.36. The topological polar surface area (TPSA) is 37.3 Å². The molecule has 0 bridgehead atoms. The molecular formula is C11H17N3S. The molecule has 1 N–H and O–H groups in total. The number of aliphatic imine (C=N–C) groups is 1. The van der Waals surface area contributed by atoms with Crippen molar-refractivity contribution in [2.45, 2.75) is 39.2 Å². The monoisotopic (exact) mass is 223 g/mol. The fraction of sp³-hybridized carbons (Fsp3) is 0.636. The Hall–Kier alpha value is -0.900. The minimum Gasteiger partial charge on any atom is -0.365 e. The lowest BCUT2D eigenvalue weighted by Crippen LogP contribution is -2.28. The van der Waals surface area contributed by atoms with E-state index in [1.807, 2.05) is 6.20 Å².